The monoisotopic (exact) mass is 591 g/mol. The van der Waals surface area contributed by atoms with Gasteiger partial charge in [-0.15, -0.1) is 0 Å². The minimum Gasteiger partial charge on any atom is -0.378 e. The maximum absolute atomic E-state index is 13.6. The van der Waals surface area contributed by atoms with Crippen molar-refractivity contribution >= 4 is 29.0 Å². The van der Waals surface area contributed by atoms with Crippen molar-refractivity contribution in [2.45, 2.75) is 32.6 Å². The molecule has 0 spiro atoms. The van der Waals surface area contributed by atoms with Crippen LogP contribution >= 0.6 is 0 Å². The predicted octanol–water partition coefficient (Wildman–Crippen LogP) is 5.16. The van der Waals surface area contributed by atoms with E-state index in [1.165, 1.54) is 10.1 Å². The zero-order chi connectivity index (χ0) is 31.0. The first kappa shape index (κ1) is 29.3. The molecule has 1 N–H and O–H groups in total. The summed E-state index contributed by atoms with van der Waals surface area (Å²) >= 11 is 0. The van der Waals surface area contributed by atoms with Gasteiger partial charge in [0.05, 0.1) is 18.9 Å². The van der Waals surface area contributed by atoms with Crippen molar-refractivity contribution in [1.82, 2.24) is 14.5 Å². The van der Waals surface area contributed by atoms with Crippen LogP contribution < -0.4 is 15.8 Å². The van der Waals surface area contributed by atoms with Crippen LogP contribution in [0.2, 0.25) is 0 Å². The van der Waals surface area contributed by atoms with Gasteiger partial charge >= 0.3 is 0 Å². The van der Waals surface area contributed by atoms with Crippen LogP contribution in [0, 0.1) is 0 Å². The zero-order valence-electron chi connectivity index (χ0n) is 25.6. The molecule has 3 aromatic carbocycles. The molecule has 2 aliphatic rings. The van der Waals surface area contributed by atoms with Gasteiger partial charge in [-0.1, -0.05) is 45.0 Å². The fraction of sp³-hybridized carbons (Fsp3) is 0.314. The third-order valence-corrected chi connectivity index (χ3v) is 8.31. The van der Waals surface area contributed by atoms with Crippen LogP contribution in [-0.4, -0.2) is 59.1 Å². The average molecular weight is 592 g/mol. The quantitative estimate of drug-likeness (QED) is 0.344. The van der Waals surface area contributed by atoms with E-state index in [2.05, 4.69) is 26.1 Å². The summed E-state index contributed by atoms with van der Waals surface area (Å²) in [6.45, 7) is 9.27. The summed E-state index contributed by atoms with van der Waals surface area (Å²) in [5, 5.41) is 3.15. The number of benzene rings is 3. The van der Waals surface area contributed by atoms with Crippen molar-refractivity contribution in [3.8, 4) is 11.3 Å². The Kier molecular flexibility index (Phi) is 7.82. The lowest BCUT2D eigenvalue weighted by Gasteiger charge is -2.26. The second-order valence-corrected chi connectivity index (χ2v) is 12.3. The molecule has 226 valence electrons. The molecule has 0 bridgehead atoms. The molecule has 0 radical (unpaired) electrons. The molecule has 6 rings (SSSR count). The van der Waals surface area contributed by atoms with Crippen LogP contribution in [0.1, 0.15) is 52.6 Å². The molecule has 3 heterocycles. The molecule has 2 amide bonds. The highest BCUT2D eigenvalue weighted by atomic mass is 16.5. The average Bonchev–Trinajstić information content (AvgIpc) is 3.47. The predicted molar refractivity (Wildman–Crippen MR) is 172 cm³/mol. The Hall–Kier alpha value is -4.76. The Bertz CT molecular complexity index is 1770. The second kappa shape index (κ2) is 11.7. The van der Waals surface area contributed by atoms with Crippen LogP contribution in [0.3, 0.4) is 0 Å². The van der Waals surface area contributed by atoms with E-state index in [9.17, 15) is 14.4 Å². The standard InChI is InChI=1S/C35H37N5O4/c1-35(2,3)25-12-8-24(9-13-25)33(42)40-17-16-28-27(6-5-7-30(28)40)29-22-38(4)34(43)31(37-29)36-26-14-10-23(11-15-26)32(41)39-18-20-44-21-19-39/h5-15,22H,16-21H2,1-4H3,(H,36,37). The van der Waals surface area contributed by atoms with Gasteiger partial charge in [-0.05, 0) is 65.4 Å². The number of hydrogen-bond acceptors (Lipinski definition) is 6. The first-order valence-electron chi connectivity index (χ1n) is 15.0. The molecule has 0 atom stereocenters. The molecular weight excluding hydrogens is 554 g/mol. The summed E-state index contributed by atoms with van der Waals surface area (Å²) in [6, 6.07) is 20.8. The largest absolute Gasteiger partial charge is 0.378 e. The second-order valence-electron chi connectivity index (χ2n) is 12.3. The molecule has 1 saturated heterocycles. The number of carbonyl (C=O) groups is 2. The number of nitrogens with one attached hydrogen (secondary N) is 1. The van der Waals surface area contributed by atoms with Crippen molar-refractivity contribution in [1.29, 1.82) is 0 Å². The summed E-state index contributed by atoms with van der Waals surface area (Å²) < 4.78 is 6.85. The number of fused-ring (bicyclic) bond motifs is 1. The lowest BCUT2D eigenvalue weighted by atomic mass is 9.86. The van der Waals surface area contributed by atoms with Crippen LogP contribution in [0.4, 0.5) is 17.2 Å². The van der Waals surface area contributed by atoms with E-state index in [4.69, 9.17) is 9.72 Å². The van der Waals surface area contributed by atoms with Gasteiger partial charge in [0.1, 0.15) is 0 Å². The van der Waals surface area contributed by atoms with Gasteiger partial charge in [-0.2, -0.15) is 0 Å². The highest BCUT2D eigenvalue weighted by molar-refractivity contribution is 6.08. The normalized spacial score (nSPS) is 14.8. The first-order chi connectivity index (χ1) is 21.1. The van der Waals surface area contributed by atoms with Crippen LogP contribution in [0.25, 0.3) is 11.3 Å². The van der Waals surface area contributed by atoms with E-state index in [1.54, 1.807) is 42.4 Å². The molecule has 9 nitrogen and oxygen atoms in total. The summed E-state index contributed by atoms with van der Waals surface area (Å²) in [5.41, 5.74) is 6.20. The number of nitrogens with zero attached hydrogens (tertiary/aromatic N) is 4. The van der Waals surface area contributed by atoms with Crippen LogP contribution in [0.15, 0.2) is 77.7 Å². The number of amides is 2. The Balaban J connectivity index is 1.24. The molecule has 1 aromatic heterocycles. The third kappa shape index (κ3) is 5.75. The number of hydrogen-bond donors (Lipinski definition) is 1. The lowest BCUT2D eigenvalue weighted by Crippen LogP contribution is -2.40. The lowest BCUT2D eigenvalue weighted by molar-refractivity contribution is 0.0303. The summed E-state index contributed by atoms with van der Waals surface area (Å²) in [5.74, 6) is 0.107. The molecule has 4 aromatic rings. The van der Waals surface area contributed by atoms with Crippen molar-refractivity contribution in [2.75, 3.05) is 43.1 Å². The molecule has 2 aliphatic heterocycles. The fourth-order valence-corrected chi connectivity index (χ4v) is 5.75. The third-order valence-electron chi connectivity index (χ3n) is 8.31. The van der Waals surface area contributed by atoms with Gasteiger partial charge in [0, 0.05) is 60.9 Å². The number of aryl methyl sites for hydroxylation is 1. The van der Waals surface area contributed by atoms with Crippen molar-refractivity contribution in [3.63, 3.8) is 0 Å². The van der Waals surface area contributed by atoms with Crippen molar-refractivity contribution < 1.29 is 14.3 Å². The van der Waals surface area contributed by atoms with E-state index in [0.717, 1.165) is 16.8 Å². The van der Waals surface area contributed by atoms with E-state index in [-0.39, 0.29) is 28.6 Å². The first-order valence-corrected chi connectivity index (χ1v) is 15.0. The Morgan fingerprint density at radius 3 is 2.20 bits per heavy atom. The topological polar surface area (TPSA) is 96.8 Å². The zero-order valence-corrected chi connectivity index (χ0v) is 25.6. The van der Waals surface area contributed by atoms with E-state index in [0.29, 0.717) is 61.8 Å². The molecule has 44 heavy (non-hydrogen) atoms. The van der Waals surface area contributed by atoms with Gasteiger partial charge in [0.15, 0.2) is 5.82 Å². The molecular formula is C35H37N5O4. The molecule has 1 fully saturated rings. The van der Waals surface area contributed by atoms with Gasteiger partial charge in [0.2, 0.25) is 0 Å². The Labute approximate surface area is 257 Å². The number of rotatable bonds is 5. The summed E-state index contributed by atoms with van der Waals surface area (Å²) in [6.07, 6.45) is 2.41. The van der Waals surface area contributed by atoms with Crippen LogP contribution in [-0.2, 0) is 23.6 Å². The maximum Gasteiger partial charge on any atom is 0.293 e. The van der Waals surface area contributed by atoms with Gasteiger partial charge < -0.3 is 24.4 Å². The number of morpholine rings is 1. The SMILES string of the molecule is Cn1cc(-c2cccc3c2CCN3C(=O)c2ccc(C(C)(C)C)cc2)nc(Nc2ccc(C(=O)N3CCOCC3)cc2)c1=O. The van der Waals surface area contributed by atoms with Gasteiger partial charge in [-0.3, -0.25) is 14.4 Å². The highest BCUT2D eigenvalue weighted by Gasteiger charge is 2.29. The minimum absolute atomic E-state index is 0.0126. The number of anilines is 3. The smallest absolute Gasteiger partial charge is 0.293 e. The molecule has 0 aliphatic carbocycles. The van der Waals surface area contributed by atoms with Crippen molar-refractivity contribution in [2.24, 2.45) is 7.05 Å². The Morgan fingerprint density at radius 2 is 1.52 bits per heavy atom. The minimum atomic E-state index is -0.273. The van der Waals surface area contributed by atoms with E-state index < -0.39 is 0 Å². The number of ether oxygens (including phenoxy) is 1. The number of aromatic nitrogens is 2. The molecule has 0 unspecified atom stereocenters. The highest BCUT2D eigenvalue weighted by Crippen LogP contribution is 2.36. The van der Waals surface area contributed by atoms with Crippen molar-refractivity contribution in [3.05, 3.63) is 106 Å². The van der Waals surface area contributed by atoms with E-state index in [1.807, 2.05) is 47.4 Å². The summed E-state index contributed by atoms with van der Waals surface area (Å²) in [4.78, 5) is 47.8. The maximum atomic E-state index is 13.6. The fourth-order valence-electron chi connectivity index (χ4n) is 5.75. The number of carbonyl (C=O) groups excluding carboxylic acids is 2. The van der Waals surface area contributed by atoms with Gasteiger partial charge in [0.25, 0.3) is 17.4 Å². The van der Waals surface area contributed by atoms with Crippen LogP contribution in [0.5, 0.6) is 0 Å². The van der Waals surface area contributed by atoms with E-state index >= 15 is 0 Å². The summed E-state index contributed by atoms with van der Waals surface area (Å²) in [7, 11) is 1.70. The molecule has 9 heteroatoms. The molecule has 0 saturated carbocycles. The Morgan fingerprint density at radius 1 is 0.864 bits per heavy atom. The van der Waals surface area contributed by atoms with Gasteiger partial charge in [-0.25, -0.2) is 4.98 Å².